The molecule has 3 N–H and O–H groups in total. The van der Waals surface area contributed by atoms with E-state index in [1.165, 1.54) is 61.5 Å². The van der Waals surface area contributed by atoms with Crippen LogP contribution in [0.4, 0.5) is 4.39 Å². The lowest BCUT2D eigenvalue weighted by molar-refractivity contribution is -0.129. The second kappa shape index (κ2) is 9.74. The summed E-state index contributed by atoms with van der Waals surface area (Å²) in [5.74, 6) is -1.04. The van der Waals surface area contributed by atoms with Crippen LogP contribution in [0.3, 0.4) is 0 Å². The van der Waals surface area contributed by atoms with Crippen molar-refractivity contribution in [3.8, 4) is 17.2 Å². The van der Waals surface area contributed by atoms with E-state index in [-0.39, 0.29) is 29.3 Å². The zero-order valence-corrected chi connectivity index (χ0v) is 20.7. The number of hydrogen-bond donors (Lipinski definition) is 2. The molecule has 1 amide bonds. The lowest BCUT2D eigenvalue weighted by Gasteiger charge is -2.27. The molecule has 0 aliphatic carbocycles. The Morgan fingerprint density at radius 1 is 1.16 bits per heavy atom. The van der Waals surface area contributed by atoms with Crippen molar-refractivity contribution < 1.29 is 26.9 Å². The van der Waals surface area contributed by atoms with E-state index in [1.54, 1.807) is 24.3 Å². The number of benzene rings is 3. The Morgan fingerprint density at radius 2 is 1.86 bits per heavy atom. The molecule has 37 heavy (non-hydrogen) atoms. The molecule has 3 aromatic rings. The Morgan fingerprint density at radius 3 is 2.43 bits per heavy atom. The molecule has 3 aromatic carbocycles. The molecule has 190 valence electrons. The Kier molecular flexibility index (Phi) is 6.84. The summed E-state index contributed by atoms with van der Waals surface area (Å²) in [6, 6.07) is 18.5. The third kappa shape index (κ3) is 4.58. The highest BCUT2D eigenvalue weighted by Gasteiger charge is 2.49. The van der Waals surface area contributed by atoms with Crippen molar-refractivity contribution in [1.82, 2.24) is 4.90 Å². The summed E-state index contributed by atoms with van der Waals surface area (Å²) in [5.41, 5.74) is 6.30. The lowest BCUT2D eigenvalue weighted by atomic mass is 9.81. The number of carbonyl (C=O) groups excluding carboxylic acids is 1. The molecule has 0 aromatic heterocycles. The molecule has 1 aliphatic heterocycles. The number of likely N-dealkylation sites (N-methyl/N-ethyl adjacent to an activating group) is 1. The third-order valence-electron chi connectivity index (χ3n) is 6.30. The molecular weight excluding hydrogens is 499 g/mol. The summed E-state index contributed by atoms with van der Waals surface area (Å²) < 4.78 is 53.0. The van der Waals surface area contributed by atoms with Gasteiger partial charge in [-0.3, -0.25) is 14.2 Å². The maximum absolute atomic E-state index is 14.7. The van der Waals surface area contributed by atoms with Crippen LogP contribution in [0.1, 0.15) is 27.5 Å². The van der Waals surface area contributed by atoms with Crippen LogP contribution >= 0.6 is 0 Å². The van der Waals surface area contributed by atoms with Gasteiger partial charge in [0.2, 0.25) is 0 Å². The Bertz CT molecular complexity index is 1550. The van der Waals surface area contributed by atoms with E-state index in [1.807, 2.05) is 6.07 Å². The van der Waals surface area contributed by atoms with Gasteiger partial charge in [-0.1, -0.05) is 42.5 Å². The van der Waals surface area contributed by atoms with Crippen molar-refractivity contribution in [1.29, 1.82) is 5.26 Å². The molecule has 1 heterocycles. The van der Waals surface area contributed by atoms with Crippen molar-refractivity contribution in [2.24, 2.45) is 10.7 Å². The standard InChI is InChI=1S/C26H23FN4O5S/c1-31-24(32)26(30-25(31)29,19-9-7-17(8-10-19)23(15-36-2)37(33,34)35)20-5-3-4-18(13-20)21-12-16(14-28)6-11-22(21)27/h3-13,23H,15H2,1-2H3,(H2,29,30)(H,33,34,35). The lowest BCUT2D eigenvalue weighted by Crippen LogP contribution is -2.41. The van der Waals surface area contributed by atoms with E-state index in [2.05, 4.69) is 4.99 Å². The first-order valence-corrected chi connectivity index (χ1v) is 12.5. The van der Waals surface area contributed by atoms with Crippen LogP contribution < -0.4 is 5.73 Å². The van der Waals surface area contributed by atoms with Gasteiger partial charge in [-0.2, -0.15) is 13.7 Å². The fourth-order valence-corrected chi connectivity index (χ4v) is 5.17. The van der Waals surface area contributed by atoms with Crippen molar-refractivity contribution >= 4 is 22.0 Å². The number of guanidine groups is 1. The van der Waals surface area contributed by atoms with Crippen molar-refractivity contribution in [2.75, 3.05) is 20.8 Å². The van der Waals surface area contributed by atoms with Gasteiger partial charge in [-0.05, 0) is 46.5 Å². The molecule has 0 fully saturated rings. The van der Waals surface area contributed by atoms with Gasteiger partial charge in [0.15, 0.2) is 11.5 Å². The first-order chi connectivity index (χ1) is 17.5. The number of ether oxygens (including phenoxy) is 1. The summed E-state index contributed by atoms with van der Waals surface area (Å²) in [7, 11) is -1.67. The number of nitriles is 1. The number of amides is 1. The van der Waals surface area contributed by atoms with Gasteiger partial charge >= 0.3 is 0 Å². The van der Waals surface area contributed by atoms with Crippen LogP contribution in [-0.4, -0.2) is 50.5 Å². The normalized spacial score (nSPS) is 18.4. The number of nitrogens with two attached hydrogens (primary N) is 1. The topological polar surface area (TPSA) is 146 Å². The van der Waals surface area contributed by atoms with E-state index in [4.69, 9.17) is 10.5 Å². The number of hydrogen-bond acceptors (Lipinski definition) is 7. The highest BCUT2D eigenvalue weighted by Crippen LogP contribution is 2.41. The second-order valence-corrected chi connectivity index (χ2v) is 10.1. The maximum Gasteiger partial charge on any atom is 0.274 e. The van der Waals surface area contributed by atoms with Crippen LogP contribution in [0.5, 0.6) is 0 Å². The van der Waals surface area contributed by atoms with Crippen LogP contribution in [0, 0.1) is 17.1 Å². The largest absolute Gasteiger partial charge is 0.383 e. The number of halogens is 1. The molecule has 11 heteroatoms. The predicted octanol–water partition coefficient (Wildman–Crippen LogP) is 2.97. The van der Waals surface area contributed by atoms with Gasteiger partial charge in [-0.25, -0.2) is 9.38 Å². The van der Waals surface area contributed by atoms with Crippen molar-refractivity contribution in [2.45, 2.75) is 10.8 Å². The fraction of sp³-hybridized carbons (Fsp3) is 0.192. The van der Waals surface area contributed by atoms with Crippen LogP contribution in [0.25, 0.3) is 11.1 Å². The zero-order chi connectivity index (χ0) is 27.0. The molecule has 2 unspecified atom stereocenters. The summed E-state index contributed by atoms with van der Waals surface area (Å²) in [4.78, 5) is 19.3. The summed E-state index contributed by atoms with van der Waals surface area (Å²) in [6.45, 7) is -0.272. The minimum Gasteiger partial charge on any atom is -0.383 e. The molecule has 0 spiro atoms. The quantitative estimate of drug-likeness (QED) is 0.454. The Hall–Kier alpha value is -4.11. The minimum atomic E-state index is -4.46. The van der Waals surface area contributed by atoms with E-state index in [0.717, 1.165) is 0 Å². The van der Waals surface area contributed by atoms with Gasteiger partial charge < -0.3 is 10.5 Å². The van der Waals surface area contributed by atoms with E-state index < -0.39 is 32.6 Å². The SMILES string of the molecule is COCC(c1ccc(C2(c3cccc(-c4cc(C#N)ccc4F)c3)N=C(N)N(C)C2=O)cc1)S(=O)(=O)O. The molecule has 4 rings (SSSR count). The molecule has 2 atom stereocenters. The van der Waals surface area contributed by atoms with Gasteiger partial charge in [-0.15, -0.1) is 0 Å². The first kappa shape index (κ1) is 26.0. The van der Waals surface area contributed by atoms with Crippen LogP contribution in [0.2, 0.25) is 0 Å². The van der Waals surface area contributed by atoms with Gasteiger partial charge in [0, 0.05) is 19.7 Å². The monoisotopic (exact) mass is 522 g/mol. The zero-order valence-electron chi connectivity index (χ0n) is 19.9. The number of methoxy groups -OCH3 is 1. The number of nitrogens with zero attached hydrogens (tertiary/aromatic N) is 3. The highest BCUT2D eigenvalue weighted by molar-refractivity contribution is 7.86. The van der Waals surface area contributed by atoms with Crippen LogP contribution in [0.15, 0.2) is 71.7 Å². The number of aliphatic imine (C=N–C) groups is 1. The summed E-state index contributed by atoms with van der Waals surface area (Å²) >= 11 is 0. The van der Waals surface area contributed by atoms with Crippen molar-refractivity contribution in [3.63, 3.8) is 0 Å². The smallest absolute Gasteiger partial charge is 0.274 e. The third-order valence-corrected chi connectivity index (χ3v) is 7.43. The average molecular weight is 523 g/mol. The predicted molar refractivity (Wildman–Crippen MR) is 134 cm³/mol. The molecule has 0 bridgehead atoms. The average Bonchev–Trinajstić information content (AvgIpc) is 3.12. The van der Waals surface area contributed by atoms with E-state index >= 15 is 0 Å². The summed E-state index contributed by atoms with van der Waals surface area (Å²) in [5, 5.41) is 7.92. The highest BCUT2D eigenvalue weighted by atomic mass is 32.2. The molecule has 0 saturated heterocycles. The van der Waals surface area contributed by atoms with E-state index in [9.17, 15) is 27.4 Å². The van der Waals surface area contributed by atoms with Gasteiger partial charge in [0.1, 0.15) is 11.1 Å². The molecular formula is C26H23FN4O5S. The van der Waals surface area contributed by atoms with Crippen molar-refractivity contribution in [3.05, 3.63) is 94.8 Å². The number of carbonyl (C=O) groups is 1. The molecule has 0 radical (unpaired) electrons. The molecule has 1 aliphatic rings. The number of rotatable bonds is 7. The van der Waals surface area contributed by atoms with E-state index in [0.29, 0.717) is 16.7 Å². The first-order valence-electron chi connectivity index (χ1n) is 11.0. The van der Waals surface area contributed by atoms with Crippen LogP contribution in [-0.2, 0) is 25.2 Å². The summed E-state index contributed by atoms with van der Waals surface area (Å²) in [6.07, 6.45) is 0. The molecule has 9 nitrogen and oxygen atoms in total. The minimum absolute atomic E-state index is 0.0349. The Labute approximate surface area is 213 Å². The van der Waals surface area contributed by atoms with Gasteiger partial charge in [0.05, 0.1) is 18.2 Å². The van der Waals surface area contributed by atoms with Gasteiger partial charge in [0.25, 0.3) is 16.0 Å². The molecule has 0 saturated carbocycles. The fourth-order valence-electron chi connectivity index (χ4n) is 4.36. The second-order valence-electron chi connectivity index (χ2n) is 8.51. The Balaban J connectivity index is 1.88. The maximum atomic E-state index is 14.7.